The fourth-order valence-corrected chi connectivity index (χ4v) is 4.46. The molecule has 1 saturated heterocycles. The molecule has 3 aromatic heterocycles. The van der Waals surface area contributed by atoms with Crippen LogP contribution in [0.5, 0.6) is 0 Å². The molecule has 2 atom stereocenters. The molecule has 5 rings (SSSR count). The molecule has 0 saturated carbocycles. The van der Waals surface area contributed by atoms with Gasteiger partial charge in [0.2, 0.25) is 0 Å². The van der Waals surface area contributed by atoms with E-state index in [4.69, 9.17) is 16.6 Å². The van der Waals surface area contributed by atoms with E-state index in [0.717, 1.165) is 46.3 Å². The number of fused-ring (bicyclic) bond motifs is 2. The van der Waals surface area contributed by atoms with E-state index in [1.807, 2.05) is 42.3 Å². The molecule has 0 amide bonds. The summed E-state index contributed by atoms with van der Waals surface area (Å²) in [5.41, 5.74) is 4.54. The van der Waals surface area contributed by atoms with E-state index in [1.54, 1.807) is 0 Å². The number of aryl methyl sites for hydroxylation is 1. The molecule has 1 aromatic carbocycles. The highest BCUT2D eigenvalue weighted by Crippen LogP contribution is 2.31. The topological polar surface area (TPSA) is 58.9 Å². The Morgan fingerprint density at radius 1 is 1.10 bits per heavy atom. The van der Waals surface area contributed by atoms with Crippen LogP contribution in [0.25, 0.3) is 33.2 Å². The summed E-state index contributed by atoms with van der Waals surface area (Å²) in [6.07, 6.45) is 3.91. The summed E-state index contributed by atoms with van der Waals surface area (Å²) >= 11 is 6.68. The minimum atomic E-state index is 0.438. The second-order valence-corrected chi connectivity index (χ2v) is 8.41. The summed E-state index contributed by atoms with van der Waals surface area (Å²) in [5, 5.41) is 10.6. The normalized spacial score (nSPS) is 19.9. The van der Waals surface area contributed by atoms with Crippen molar-refractivity contribution in [3.63, 3.8) is 0 Å². The third-order valence-electron chi connectivity index (χ3n) is 5.44. The number of hydrogen-bond acceptors (Lipinski definition) is 5. The third kappa shape index (κ3) is 3.43. The largest absolute Gasteiger partial charge is 0.367 e. The van der Waals surface area contributed by atoms with Gasteiger partial charge in [0.05, 0.1) is 28.1 Å². The van der Waals surface area contributed by atoms with E-state index < -0.39 is 0 Å². The third-order valence-corrected chi connectivity index (χ3v) is 5.75. The zero-order chi connectivity index (χ0) is 20.1. The number of piperazine rings is 1. The number of aromatic nitrogens is 4. The van der Waals surface area contributed by atoms with E-state index in [1.165, 1.54) is 0 Å². The van der Waals surface area contributed by atoms with Crippen LogP contribution in [0.2, 0.25) is 5.02 Å². The highest BCUT2D eigenvalue weighted by atomic mass is 35.5. The Bertz CT molecular complexity index is 1210. The number of rotatable bonds is 2. The molecule has 0 radical (unpaired) electrons. The summed E-state index contributed by atoms with van der Waals surface area (Å²) in [5.74, 6) is 0. The summed E-state index contributed by atoms with van der Waals surface area (Å²) in [4.78, 5) is 11.8. The number of halogens is 1. The second-order valence-electron chi connectivity index (χ2n) is 8.00. The molecule has 0 bridgehead atoms. The van der Waals surface area contributed by atoms with Crippen molar-refractivity contribution in [2.24, 2.45) is 7.05 Å². The van der Waals surface area contributed by atoms with Gasteiger partial charge in [0, 0.05) is 54.8 Å². The zero-order valence-electron chi connectivity index (χ0n) is 16.7. The smallest absolute Gasteiger partial charge is 0.161 e. The SMILES string of the molecule is C[C@@H]1CN(c2cnc3nc(-c4ccc5nn(C)cc5c4)cc(Cl)c3c2)C[C@H](C)N1. The van der Waals surface area contributed by atoms with Gasteiger partial charge in [-0.2, -0.15) is 5.10 Å². The molecule has 4 heterocycles. The molecule has 148 valence electrons. The van der Waals surface area contributed by atoms with E-state index in [2.05, 4.69) is 46.3 Å². The van der Waals surface area contributed by atoms with E-state index >= 15 is 0 Å². The second kappa shape index (κ2) is 6.97. The first-order chi connectivity index (χ1) is 14.0. The molecular formula is C22H23ClN6. The maximum atomic E-state index is 6.68. The van der Waals surface area contributed by atoms with Gasteiger partial charge in [-0.25, -0.2) is 9.97 Å². The lowest BCUT2D eigenvalue weighted by molar-refractivity contribution is 0.407. The van der Waals surface area contributed by atoms with Crippen LogP contribution in [0.4, 0.5) is 5.69 Å². The van der Waals surface area contributed by atoms with Gasteiger partial charge < -0.3 is 10.2 Å². The van der Waals surface area contributed by atoms with Gasteiger partial charge in [-0.1, -0.05) is 17.7 Å². The van der Waals surface area contributed by atoms with Gasteiger partial charge >= 0.3 is 0 Å². The monoisotopic (exact) mass is 406 g/mol. The number of anilines is 1. The maximum absolute atomic E-state index is 6.68. The Morgan fingerprint density at radius 3 is 2.69 bits per heavy atom. The summed E-state index contributed by atoms with van der Waals surface area (Å²) < 4.78 is 1.82. The average Bonchev–Trinajstić information content (AvgIpc) is 3.06. The van der Waals surface area contributed by atoms with Crippen molar-refractivity contribution in [2.45, 2.75) is 25.9 Å². The highest BCUT2D eigenvalue weighted by molar-refractivity contribution is 6.35. The van der Waals surface area contributed by atoms with Crippen LogP contribution in [0, 0.1) is 0 Å². The summed E-state index contributed by atoms with van der Waals surface area (Å²) in [6, 6.07) is 11.0. The van der Waals surface area contributed by atoms with Crippen LogP contribution in [-0.2, 0) is 7.05 Å². The molecular weight excluding hydrogens is 384 g/mol. The van der Waals surface area contributed by atoms with E-state index in [-0.39, 0.29) is 0 Å². The van der Waals surface area contributed by atoms with Crippen LogP contribution in [0.3, 0.4) is 0 Å². The van der Waals surface area contributed by atoms with Gasteiger partial charge in [0.1, 0.15) is 0 Å². The van der Waals surface area contributed by atoms with Crippen molar-refractivity contribution in [1.29, 1.82) is 0 Å². The first-order valence-corrected chi connectivity index (χ1v) is 10.2. The van der Waals surface area contributed by atoms with Crippen LogP contribution in [-0.4, -0.2) is 44.9 Å². The van der Waals surface area contributed by atoms with Crippen molar-refractivity contribution in [2.75, 3.05) is 18.0 Å². The molecule has 7 heteroatoms. The zero-order valence-corrected chi connectivity index (χ0v) is 17.5. The molecule has 0 unspecified atom stereocenters. The minimum Gasteiger partial charge on any atom is -0.367 e. The van der Waals surface area contributed by atoms with Crippen molar-refractivity contribution in [1.82, 2.24) is 25.1 Å². The van der Waals surface area contributed by atoms with Gasteiger partial charge in [-0.15, -0.1) is 0 Å². The fourth-order valence-electron chi connectivity index (χ4n) is 4.22. The van der Waals surface area contributed by atoms with Crippen LogP contribution >= 0.6 is 11.6 Å². The Balaban J connectivity index is 1.54. The Kier molecular flexibility index (Phi) is 4.41. The molecule has 4 aromatic rings. The number of pyridine rings is 2. The molecule has 1 N–H and O–H groups in total. The van der Waals surface area contributed by atoms with Crippen molar-refractivity contribution in [3.8, 4) is 11.3 Å². The van der Waals surface area contributed by atoms with Crippen molar-refractivity contribution in [3.05, 3.63) is 47.7 Å². The predicted molar refractivity (Wildman–Crippen MR) is 119 cm³/mol. The predicted octanol–water partition coefficient (Wildman–Crippen LogP) is 4.02. The molecule has 0 spiro atoms. The first kappa shape index (κ1) is 18.3. The van der Waals surface area contributed by atoms with Crippen LogP contribution < -0.4 is 10.2 Å². The minimum absolute atomic E-state index is 0.438. The van der Waals surface area contributed by atoms with Gasteiger partial charge in [0.15, 0.2) is 5.65 Å². The molecule has 0 aliphatic carbocycles. The Hall–Kier alpha value is -2.70. The Labute approximate surface area is 174 Å². The standard InChI is InChI=1S/C22H23ClN6/c1-13-10-29(11-14(2)25-13)17-7-18-19(23)8-21(26-22(18)24-9-17)15-4-5-20-16(6-15)12-28(3)27-20/h4-9,12-14,25H,10-11H2,1-3H3/t13-,14+. The fraction of sp³-hybridized carbons (Fsp3) is 0.318. The molecule has 1 aliphatic rings. The highest BCUT2D eigenvalue weighted by Gasteiger charge is 2.22. The molecule has 1 aliphatic heterocycles. The lowest BCUT2D eigenvalue weighted by atomic mass is 10.1. The number of benzene rings is 1. The van der Waals surface area contributed by atoms with E-state index in [9.17, 15) is 0 Å². The lowest BCUT2D eigenvalue weighted by Gasteiger charge is -2.37. The Morgan fingerprint density at radius 2 is 1.90 bits per heavy atom. The molecule has 1 fully saturated rings. The van der Waals surface area contributed by atoms with Crippen LogP contribution in [0.15, 0.2) is 42.7 Å². The van der Waals surface area contributed by atoms with E-state index in [0.29, 0.717) is 22.8 Å². The molecule has 6 nitrogen and oxygen atoms in total. The number of hydrogen-bond donors (Lipinski definition) is 1. The average molecular weight is 407 g/mol. The van der Waals surface area contributed by atoms with Gasteiger partial charge in [-0.05, 0) is 38.1 Å². The lowest BCUT2D eigenvalue weighted by Crippen LogP contribution is -2.54. The van der Waals surface area contributed by atoms with Crippen molar-refractivity contribution >= 4 is 39.2 Å². The quantitative estimate of drug-likeness (QED) is 0.544. The number of nitrogens with one attached hydrogen (secondary N) is 1. The van der Waals surface area contributed by atoms with Gasteiger partial charge in [-0.3, -0.25) is 4.68 Å². The number of nitrogens with zero attached hydrogens (tertiary/aromatic N) is 5. The van der Waals surface area contributed by atoms with Crippen LogP contribution in [0.1, 0.15) is 13.8 Å². The van der Waals surface area contributed by atoms with Gasteiger partial charge in [0.25, 0.3) is 0 Å². The maximum Gasteiger partial charge on any atom is 0.161 e. The summed E-state index contributed by atoms with van der Waals surface area (Å²) in [6.45, 7) is 6.31. The summed E-state index contributed by atoms with van der Waals surface area (Å²) in [7, 11) is 1.92. The van der Waals surface area contributed by atoms with Crippen molar-refractivity contribution < 1.29 is 0 Å². The molecule has 29 heavy (non-hydrogen) atoms. The first-order valence-electron chi connectivity index (χ1n) is 9.87.